The summed E-state index contributed by atoms with van der Waals surface area (Å²) < 4.78 is 82.9. The van der Waals surface area contributed by atoms with E-state index in [1.807, 2.05) is 0 Å². The van der Waals surface area contributed by atoms with E-state index in [0.717, 1.165) is 48.2 Å². The molecule has 1 N–H and O–H groups in total. The van der Waals surface area contributed by atoms with E-state index in [4.69, 9.17) is 0 Å². The van der Waals surface area contributed by atoms with E-state index in [-0.39, 0.29) is 12.1 Å². The summed E-state index contributed by atoms with van der Waals surface area (Å²) in [4.78, 5) is 27.5. The molecule has 11 heteroatoms. The van der Waals surface area contributed by atoms with E-state index < -0.39 is 58.5 Å². The molecule has 176 valence electrons. The summed E-state index contributed by atoms with van der Waals surface area (Å²) in [5.41, 5.74) is -3.14. The number of amides is 2. The third-order valence-electron chi connectivity index (χ3n) is 5.12. The number of allylic oxidation sites excluding steroid dienone is 2. The van der Waals surface area contributed by atoms with Crippen molar-refractivity contribution in [1.29, 1.82) is 0 Å². The highest BCUT2D eigenvalue weighted by atomic mass is 19.4. The number of carbonyl (C=O) groups is 2. The van der Waals surface area contributed by atoms with Gasteiger partial charge in [-0.2, -0.15) is 13.2 Å². The number of halogens is 6. The summed E-state index contributed by atoms with van der Waals surface area (Å²) in [6.07, 6.45) is -3.88. The third-order valence-corrected chi connectivity index (χ3v) is 5.12. The van der Waals surface area contributed by atoms with Crippen molar-refractivity contribution in [2.45, 2.75) is 19.0 Å². The van der Waals surface area contributed by atoms with Gasteiger partial charge in [-0.15, -0.1) is 0 Å². The van der Waals surface area contributed by atoms with Gasteiger partial charge in [0.2, 0.25) is 11.8 Å². The molecule has 1 aromatic rings. The van der Waals surface area contributed by atoms with Crippen LogP contribution in [0.2, 0.25) is 0 Å². The summed E-state index contributed by atoms with van der Waals surface area (Å²) in [5.74, 6) is -9.78. The Morgan fingerprint density at radius 2 is 1.84 bits per heavy atom. The van der Waals surface area contributed by atoms with Crippen LogP contribution in [0.1, 0.15) is 12.5 Å². The van der Waals surface area contributed by atoms with Gasteiger partial charge in [0, 0.05) is 40.5 Å². The lowest BCUT2D eigenvalue weighted by atomic mass is 9.85. The lowest BCUT2D eigenvalue weighted by molar-refractivity contribution is -0.135. The van der Waals surface area contributed by atoms with Crippen LogP contribution in [0.3, 0.4) is 0 Å². The van der Waals surface area contributed by atoms with Crippen LogP contribution in [0.15, 0.2) is 42.1 Å². The molecule has 1 fully saturated rings. The number of nitrogens with one attached hydrogen (secondary N) is 1. The van der Waals surface area contributed by atoms with Gasteiger partial charge in [-0.05, 0) is 17.7 Å². The largest absolute Gasteiger partial charge is 0.431 e. The number of likely N-dealkylation sites (tertiary alicyclic amines) is 1. The maximum atomic E-state index is 14.0. The van der Waals surface area contributed by atoms with E-state index in [1.165, 1.54) is 7.05 Å². The molecule has 2 atom stereocenters. The van der Waals surface area contributed by atoms with Crippen molar-refractivity contribution >= 4 is 17.5 Å². The molecule has 5 nitrogen and oxygen atoms in total. The number of anilines is 1. The van der Waals surface area contributed by atoms with Gasteiger partial charge in [-0.3, -0.25) is 9.59 Å². The van der Waals surface area contributed by atoms with Crippen LogP contribution in [0, 0.1) is 17.7 Å². The van der Waals surface area contributed by atoms with Crippen LogP contribution in [-0.4, -0.2) is 55.5 Å². The minimum Gasteiger partial charge on any atom is -0.373 e. The zero-order valence-corrected chi connectivity index (χ0v) is 17.9. The van der Waals surface area contributed by atoms with Gasteiger partial charge < -0.3 is 15.1 Å². The van der Waals surface area contributed by atoms with Crippen LogP contribution in [-0.2, 0) is 15.5 Å². The second kappa shape index (κ2) is 8.87. The smallest absolute Gasteiger partial charge is 0.373 e. The third kappa shape index (κ3) is 4.91. The van der Waals surface area contributed by atoms with Crippen LogP contribution < -0.4 is 5.32 Å². The number of benzene rings is 1. The molecule has 0 aliphatic carbocycles. The Hall–Kier alpha value is -2.98. The van der Waals surface area contributed by atoms with Crippen molar-refractivity contribution in [2.75, 3.05) is 33.0 Å². The first-order valence-corrected chi connectivity index (χ1v) is 9.45. The van der Waals surface area contributed by atoms with Gasteiger partial charge >= 0.3 is 6.18 Å². The zero-order chi connectivity index (χ0) is 24.6. The predicted molar refractivity (Wildman–Crippen MR) is 106 cm³/mol. The molecule has 1 saturated heterocycles. The summed E-state index contributed by atoms with van der Waals surface area (Å²) in [6.45, 7) is 3.62. The molecule has 0 spiro atoms. The molecule has 0 saturated carbocycles. The Balaban J connectivity index is 2.56. The minimum absolute atomic E-state index is 0.231. The van der Waals surface area contributed by atoms with Crippen LogP contribution in [0.25, 0.3) is 0 Å². The van der Waals surface area contributed by atoms with Crippen LogP contribution in [0.5, 0.6) is 0 Å². The van der Waals surface area contributed by atoms with Gasteiger partial charge in [-0.25, -0.2) is 13.2 Å². The van der Waals surface area contributed by atoms with Gasteiger partial charge in [0.15, 0.2) is 0 Å². The second-order valence-electron chi connectivity index (χ2n) is 7.74. The fourth-order valence-electron chi connectivity index (χ4n) is 3.86. The van der Waals surface area contributed by atoms with Crippen molar-refractivity contribution in [1.82, 2.24) is 9.80 Å². The molecule has 1 heterocycles. The normalized spacial score (nSPS) is 20.2. The SMILES string of the molecule is C=C/C(=C(\N(C)C)C(F)(F)F)[C@H]1CN(C)C(=O)[C@@H]1C(=O)Nc1cccc(F)c1C(C)(F)F. The Morgan fingerprint density at radius 1 is 1.25 bits per heavy atom. The summed E-state index contributed by atoms with van der Waals surface area (Å²) in [7, 11) is 3.62. The predicted octanol–water partition coefficient (Wildman–Crippen LogP) is 4.14. The Labute approximate surface area is 181 Å². The maximum absolute atomic E-state index is 14.0. The first-order valence-electron chi connectivity index (χ1n) is 9.45. The average Bonchev–Trinajstić information content (AvgIpc) is 2.91. The highest BCUT2D eigenvalue weighted by molar-refractivity contribution is 6.08. The molecule has 1 aromatic carbocycles. The quantitative estimate of drug-likeness (QED) is 0.392. The Kier molecular flexibility index (Phi) is 7.01. The van der Waals surface area contributed by atoms with Crippen molar-refractivity contribution < 1.29 is 35.9 Å². The van der Waals surface area contributed by atoms with Gasteiger partial charge in [0.25, 0.3) is 5.92 Å². The van der Waals surface area contributed by atoms with Gasteiger partial charge in [0.05, 0.1) is 11.3 Å². The van der Waals surface area contributed by atoms with E-state index in [2.05, 4.69) is 11.9 Å². The highest BCUT2D eigenvalue weighted by Crippen LogP contribution is 2.40. The van der Waals surface area contributed by atoms with Crippen molar-refractivity contribution in [3.8, 4) is 0 Å². The molecule has 1 aliphatic rings. The molecule has 0 bridgehead atoms. The molecule has 32 heavy (non-hydrogen) atoms. The maximum Gasteiger partial charge on any atom is 0.431 e. The van der Waals surface area contributed by atoms with E-state index >= 15 is 0 Å². The number of nitrogens with zero attached hydrogens (tertiary/aromatic N) is 2. The standard InChI is InChI=1S/C21H23F6N3O2/c1-6-11(17(29(3)4)21(25,26)27)12-10-30(5)19(32)15(12)18(31)28-14-9-7-8-13(22)16(14)20(2,23)24/h6-9,12,15H,1,10H2,2-5H3,(H,28,31)/b17-11+/t12-,15+/m1/s1. The second-order valence-corrected chi connectivity index (χ2v) is 7.74. The monoisotopic (exact) mass is 463 g/mol. The zero-order valence-electron chi connectivity index (χ0n) is 17.9. The van der Waals surface area contributed by atoms with E-state index in [9.17, 15) is 35.9 Å². The first kappa shape index (κ1) is 25.3. The van der Waals surface area contributed by atoms with Crippen molar-refractivity contribution in [3.63, 3.8) is 0 Å². The number of hydrogen-bond donors (Lipinski definition) is 1. The Morgan fingerprint density at radius 3 is 2.31 bits per heavy atom. The average molecular weight is 463 g/mol. The fourth-order valence-corrected chi connectivity index (χ4v) is 3.86. The van der Waals surface area contributed by atoms with Crippen LogP contribution in [0.4, 0.5) is 32.0 Å². The molecule has 1 aliphatic heterocycles. The molecular formula is C21H23F6N3O2. The number of hydrogen-bond acceptors (Lipinski definition) is 3. The van der Waals surface area contributed by atoms with Gasteiger partial charge in [-0.1, -0.05) is 18.7 Å². The lowest BCUT2D eigenvalue weighted by Crippen LogP contribution is -2.36. The highest BCUT2D eigenvalue weighted by Gasteiger charge is 2.49. The number of alkyl halides is 5. The minimum atomic E-state index is -4.81. The molecule has 0 radical (unpaired) electrons. The number of rotatable bonds is 6. The summed E-state index contributed by atoms with van der Waals surface area (Å²) >= 11 is 0. The molecule has 2 amide bonds. The molecule has 0 unspecified atom stereocenters. The summed E-state index contributed by atoms with van der Waals surface area (Å²) in [5, 5.41) is 2.11. The molecule has 2 rings (SSSR count). The lowest BCUT2D eigenvalue weighted by Gasteiger charge is -2.27. The van der Waals surface area contributed by atoms with Crippen molar-refractivity contribution in [2.24, 2.45) is 11.8 Å². The number of carbonyl (C=O) groups excluding carboxylic acids is 2. The topological polar surface area (TPSA) is 52.7 Å². The van der Waals surface area contributed by atoms with Crippen LogP contribution >= 0.6 is 0 Å². The summed E-state index contributed by atoms with van der Waals surface area (Å²) in [6, 6.07) is 2.89. The van der Waals surface area contributed by atoms with Gasteiger partial charge in [0.1, 0.15) is 17.4 Å². The molecule has 0 aromatic heterocycles. The first-order chi connectivity index (χ1) is 14.6. The van der Waals surface area contributed by atoms with Crippen molar-refractivity contribution in [3.05, 3.63) is 53.5 Å². The Bertz CT molecular complexity index is 950. The van der Waals surface area contributed by atoms with E-state index in [1.54, 1.807) is 0 Å². The fraction of sp³-hybridized carbons (Fsp3) is 0.429. The molecular weight excluding hydrogens is 440 g/mol. The van der Waals surface area contributed by atoms with E-state index in [0.29, 0.717) is 6.92 Å².